The normalized spacial score (nSPS) is 18.2. The molecule has 2 rings (SSSR count). The zero-order valence-corrected chi connectivity index (χ0v) is 13.6. The van der Waals surface area contributed by atoms with Crippen molar-refractivity contribution >= 4 is 21.5 Å². The van der Waals surface area contributed by atoms with Crippen LogP contribution in [0.4, 0.5) is 5.69 Å². The number of nitrogens with zero attached hydrogens (tertiary/aromatic N) is 2. The first kappa shape index (κ1) is 17.8. The van der Waals surface area contributed by atoms with Crippen molar-refractivity contribution in [1.29, 1.82) is 0 Å². The van der Waals surface area contributed by atoms with Gasteiger partial charge in [0.05, 0.1) is 16.4 Å². The fraction of sp³-hybridized carbons (Fsp3) is 0.312. The van der Waals surface area contributed by atoms with Crippen molar-refractivity contribution in [1.82, 2.24) is 4.31 Å². The fourth-order valence-electron chi connectivity index (χ4n) is 2.47. The van der Waals surface area contributed by atoms with Crippen LogP contribution in [-0.2, 0) is 14.8 Å². The van der Waals surface area contributed by atoms with Crippen molar-refractivity contribution in [3.8, 4) is 12.3 Å². The minimum atomic E-state index is -3.93. The molecule has 0 radical (unpaired) electrons. The molecule has 7 nitrogen and oxygen atoms in total. The number of allylic oxidation sites excluding steroid dienone is 1. The summed E-state index contributed by atoms with van der Waals surface area (Å²) < 4.78 is 26.8. The van der Waals surface area contributed by atoms with E-state index in [2.05, 4.69) is 5.92 Å². The Morgan fingerprint density at radius 3 is 2.58 bits per heavy atom. The van der Waals surface area contributed by atoms with E-state index in [1.807, 2.05) is 0 Å². The molecule has 1 aromatic carbocycles. The second kappa shape index (κ2) is 7.38. The predicted molar refractivity (Wildman–Crippen MR) is 87.6 cm³/mol. The maximum absolute atomic E-state index is 12.8. The molecule has 0 unspecified atom stereocenters. The summed E-state index contributed by atoms with van der Waals surface area (Å²) in [5.41, 5.74) is -0.197. The third kappa shape index (κ3) is 3.88. The van der Waals surface area contributed by atoms with Gasteiger partial charge in [0.2, 0.25) is 10.0 Å². The standard InChI is InChI=1S/C16H16N2O5S/c1-2-12-17(13-4-3-5-15(19)9-6-13)24(22,23)16-10-7-14(8-11-16)18(20)21/h1,6-11,13H,3-5,12H2/t13-/m0/s1. The Morgan fingerprint density at radius 2 is 2.00 bits per heavy atom. The number of nitro benzene ring substituents is 1. The van der Waals surface area contributed by atoms with Crippen LogP contribution >= 0.6 is 0 Å². The average Bonchev–Trinajstić information content (AvgIpc) is 2.77. The first-order valence-electron chi connectivity index (χ1n) is 7.27. The molecule has 0 bridgehead atoms. The number of ketones is 1. The van der Waals surface area contributed by atoms with E-state index in [-0.39, 0.29) is 22.9 Å². The molecule has 1 aliphatic rings. The molecular weight excluding hydrogens is 332 g/mol. The number of rotatable bonds is 5. The molecule has 0 aromatic heterocycles. The lowest BCUT2D eigenvalue weighted by Crippen LogP contribution is -2.39. The smallest absolute Gasteiger partial charge is 0.269 e. The molecule has 24 heavy (non-hydrogen) atoms. The van der Waals surface area contributed by atoms with Crippen LogP contribution in [0, 0.1) is 22.5 Å². The van der Waals surface area contributed by atoms with E-state index in [0.717, 1.165) is 16.4 Å². The van der Waals surface area contributed by atoms with Crippen LogP contribution in [-0.4, -0.2) is 36.0 Å². The Labute approximate surface area is 140 Å². The number of carbonyl (C=O) groups excluding carboxylic acids is 1. The Balaban J connectivity index is 2.38. The molecule has 0 aliphatic heterocycles. The van der Waals surface area contributed by atoms with Crippen molar-refractivity contribution in [3.63, 3.8) is 0 Å². The van der Waals surface area contributed by atoms with Crippen LogP contribution in [0.3, 0.4) is 0 Å². The van der Waals surface area contributed by atoms with Crippen LogP contribution in [0.1, 0.15) is 19.3 Å². The van der Waals surface area contributed by atoms with Crippen molar-refractivity contribution < 1.29 is 18.1 Å². The number of nitro groups is 1. The zero-order valence-electron chi connectivity index (χ0n) is 12.8. The average molecular weight is 348 g/mol. The lowest BCUT2D eigenvalue weighted by atomic mass is 10.1. The number of hydrogen-bond donors (Lipinski definition) is 0. The molecule has 0 saturated heterocycles. The van der Waals surface area contributed by atoms with Crippen LogP contribution in [0.2, 0.25) is 0 Å². The molecule has 0 saturated carbocycles. The number of non-ortho nitro benzene ring substituents is 1. The lowest BCUT2D eigenvalue weighted by Gasteiger charge is -2.26. The Bertz CT molecular complexity index is 806. The van der Waals surface area contributed by atoms with Crippen LogP contribution in [0.25, 0.3) is 0 Å². The molecule has 8 heteroatoms. The third-order valence-corrected chi connectivity index (χ3v) is 5.58. The molecule has 0 amide bonds. The second-order valence-corrected chi connectivity index (χ2v) is 7.18. The van der Waals surface area contributed by atoms with Gasteiger partial charge in [0, 0.05) is 24.6 Å². The number of terminal acetylenes is 1. The minimum absolute atomic E-state index is 0.0501. The second-order valence-electron chi connectivity index (χ2n) is 5.29. The highest BCUT2D eigenvalue weighted by Crippen LogP contribution is 2.24. The summed E-state index contributed by atoms with van der Waals surface area (Å²) in [5, 5.41) is 10.7. The molecular formula is C16H16N2O5S. The van der Waals surface area contributed by atoms with Gasteiger partial charge >= 0.3 is 0 Å². The highest BCUT2D eigenvalue weighted by atomic mass is 32.2. The maximum Gasteiger partial charge on any atom is 0.269 e. The first-order valence-corrected chi connectivity index (χ1v) is 8.71. The van der Waals surface area contributed by atoms with Gasteiger partial charge in [-0.3, -0.25) is 14.9 Å². The van der Waals surface area contributed by atoms with Gasteiger partial charge in [-0.25, -0.2) is 8.42 Å². The molecule has 0 spiro atoms. The molecule has 0 heterocycles. The van der Waals surface area contributed by atoms with Crippen LogP contribution < -0.4 is 0 Å². The quantitative estimate of drug-likeness (QED) is 0.460. The summed E-state index contributed by atoms with van der Waals surface area (Å²) in [5.74, 6) is 2.27. The van der Waals surface area contributed by atoms with Gasteiger partial charge in [0.25, 0.3) is 5.69 Å². The van der Waals surface area contributed by atoms with Crippen LogP contribution in [0.5, 0.6) is 0 Å². The Kier molecular flexibility index (Phi) is 5.49. The van der Waals surface area contributed by atoms with E-state index in [9.17, 15) is 23.3 Å². The predicted octanol–water partition coefficient (Wildman–Crippen LogP) is 1.90. The van der Waals surface area contributed by atoms with E-state index in [1.165, 1.54) is 18.2 Å². The SMILES string of the molecule is C#CCN([C@@H]1C=CC(=O)CCC1)S(=O)(=O)c1ccc([N+](=O)[O-])cc1. The topological polar surface area (TPSA) is 97.6 Å². The summed E-state index contributed by atoms with van der Waals surface area (Å²) in [4.78, 5) is 21.5. The van der Waals surface area contributed by atoms with Crippen LogP contribution in [0.15, 0.2) is 41.3 Å². The summed E-state index contributed by atoms with van der Waals surface area (Å²) in [7, 11) is -3.93. The highest BCUT2D eigenvalue weighted by molar-refractivity contribution is 7.89. The minimum Gasteiger partial charge on any atom is -0.295 e. The largest absolute Gasteiger partial charge is 0.295 e. The summed E-state index contributed by atoms with van der Waals surface area (Å²) in [6.07, 6.45) is 9.65. The van der Waals surface area contributed by atoms with Crippen molar-refractivity contribution in [2.24, 2.45) is 0 Å². The summed E-state index contributed by atoms with van der Waals surface area (Å²) >= 11 is 0. The number of sulfonamides is 1. The number of hydrogen-bond acceptors (Lipinski definition) is 5. The zero-order chi connectivity index (χ0) is 17.7. The Morgan fingerprint density at radius 1 is 1.33 bits per heavy atom. The third-order valence-electron chi connectivity index (χ3n) is 3.70. The van der Waals surface area contributed by atoms with Crippen molar-refractivity contribution in [2.45, 2.75) is 30.2 Å². The van der Waals surface area contributed by atoms with Gasteiger partial charge in [-0.05, 0) is 31.1 Å². The summed E-state index contributed by atoms with van der Waals surface area (Å²) in [6.45, 7) is -0.150. The maximum atomic E-state index is 12.8. The number of carbonyl (C=O) groups is 1. The molecule has 1 aromatic rings. The molecule has 0 N–H and O–H groups in total. The Hall–Kier alpha value is -2.50. The van der Waals surface area contributed by atoms with E-state index in [1.54, 1.807) is 6.08 Å². The number of benzene rings is 1. The fourth-order valence-corrected chi connectivity index (χ4v) is 4.00. The first-order chi connectivity index (χ1) is 11.4. The van der Waals surface area contributed by atoms with Gasteiger partial charge in [0.1, 0.15) is 0 Å². The summed E-state index contributed by atoms with van der Waals surface area (Å²) in [6, 6.07) is 4.11. The molecule has 0 fully saturated rings. The van der Waals surface area contributed by atoms with Crippen molar-refractivity contribution in [3.05, 3.63) is 46.5 Å². The highest BCUT2D eigenvalue weighted by Gasteiger charge is 2.30. The monoisotopic (exact) mass is 348 g/mol. The van der Waals surface area contributed by atoms with E-state index < -0.39 is 21.0 Å². The lowest BCUT2D eigenvalue weighted by molar-refractivity contribution is -0.384. The van der Waals surface area contributed by atoms with E-state index in [0.29, 0.717) is 19.3 Å². The van der Waals surface area contributed by atoms with Gasteiger partial charge in [-0.15, -0.1) is 6.42 Å². The van der Waals surface area contributed by atoms with Gasteiger partial charge in [0.15, 0.2) is 5.78 Å². The van der Waals surface area contributed by atoms with Gasteiger partial charge in [-0.1, -0.05) is 12.0 Å². The van der Waals surface area contributed by atoms with Gasteiger partial charge < -0.3 is 0 Å². The van der Waals surface area contributed by atoms with Crippen molar-refractivity contribution in [2.75, 3.05) is 6.54 Å². The molecule has 1 atom stereocenters. The molecule has 126 valence electrons. The van der Waals surface area contributed by atoms with E-state index in [4.69, 9.17) is 6.42 Å². The van der Waals surface area contributed by atoms with Gasteiger partial charge in [-0.2, -0.15) is 4.31 Å². The molecule has 1 aliphatic carbocycles. The van der Waals surface area contributed by atoms with E-state index >= 15 is 0 Å².